The summed E-state index contributed by atoms with van der Waals surface area (Å²) in [6, 6.07) is 4.38. The van der Waals surface area contributed by atoms with Gasteiger partial charge < -0.3 is 5.73 Å². The van der Waals surface area contributed by atoms with Crippen LogP contribution in [-0.4, -0.2) is 25.3 Å². The average Bonchev–Trinajstić information content (AvgIpc) is 2.28. The van der Waals surface area contributed by atoms with Crippen LogP contribution in [0.2, 0.25) is 5.02 Å². The third-order valence-electron chi connectivity index (χ3n) is 2.58. The quantitative estimate of drug-likeness (QED) is 0.848. The SMILES string of the molecule is CCCN(C(C)C)S(=O)(=O)c1cc(Cl)ccc1N. The van der Waals surface area contributed by atoms with Crippen LogP contribution in [0.25, 0.3) is 0 Å². The van der Waals surface area contributed by atoms with Gasteiger partial charge in [0.1, 0.15) is 4.90 Å². The Hall–Kier alpha value is -0.780. The number of rotatable bonds is 5. The molecule has 1 aromatic rings. The number of anilines is 1. The Bertz CT molecular complexity index is 515. The van der Waals surface area contributed by atoms with Gasteiger partial charge in [-0.3, -0.25) is 0 Å². The highest BCUT2D eigenvalue weighted by molar-refractivity contribution is 7.89. The lowest BCUT2D eigenvalue weighted by Gasteiger charge is -2.26. The van der Waals surface area contributed by atoms with Gasteiger partial charge in [-0.25, -0.2) is 8.42 Å². The summed E-state index contributed by atoms with van der Waals surface area (Å²) < 4.78 is 26.5. The van der Waals surface area contributed by atoms with Crippen molar-refractivity contribution in [2.24, 2.45) is 0 Å². The fourth-order valence-electron chi connectivity index (χ4n) is 1.73. The van der Waals surface area contributed by atoms with Crippen LogP contribution in [0.1, 0.15) is 27.2 Å². The van der Waals surface area contributed by atoms with Gasteiger partial charge in [0, 0.05) is 17.6 Å². The van der Waals surface area contributed by atoms with E-state index in [4.69, 9.17) is 17.3 Å². The molecule has 0 bridgehead atoms. The first-order valence-electron chi connectivity index (χ1n) is 5.87. The van der Waals surface area contributed by atoms with Crippen LogP contribution in [-0.2, 0) is 10.0 Å². The second kappa shape index (κ2) is 5.91. The van der Waals surface area contributed by atoms with Crippen molar-refractivity contribution in [3.05, 3.63) is 23.2 Å². The number of nitrogens with two attached hydrogens (primary N) is 1. The molecular formula is C12H19ClN2O2S. The normalized spacial score (nSPS) is 12.3. The molecule has 0 saturated carbocycles. The molecule has 1 rings (SSSR count). The monoisotopic (exact) mass is 290 g/mol. The minimum Gasteiger partial charge on any atom is -0.398 e. The number of sulfonamides is 1. The molecule has 0 unspecified atom stereocenters. The van der Waals surface area contributed by atoms with E-state index >= 15 is 0 Å². The topological polar surface area (TPSA) is 63.4 Å². The molecule has 0 aliphatic heterocycles. The Morgan fingerprint density at radius 3 is 2.50 bits per heavy atom. The summed E-state index contributed by atoms with van der Waals surface area (Å²) in [5.74, 6) is 0. The molecule has 0 saturated heterocycles. The molecule has 0 aromatic heterocycles. The maximum Gasteiger partial charge on any atom is 0.245 e. The first-order valence-corrected chi connectivity index (χ1v) is 7.69. The molecule has 18 heavy (non-hydrogen) atoms. The lowest BCUT2D eigenvalue weighted by Crippen LogP contribution is -2.37. The van der Waals surface area contributed by atoms with Gasteiger partial charge in [-0.2, -0.15) is 4.31 Å². The van der Waals surface area contributed by atoms with Gasteiger partial charge in [-0.05, 0) is 38.5 Å². The van der Waals surface area contributed by atoms with Crippen LogP contribution in [0.5, 0.6) is 0 Å². The standard InChI is InChI=1S/C12H19ClN2O2S/c1-4-7-15(9(2)3)18(16,17)12-8-10(13)5-6-11(12)14/h5-6,8-9H,4,7,14H2,1-3H3. The molecule has 0 heterocycles. The Labute approximate surface area is 114 Å². The van der Waals surface area contributed by atoms with E-state index in [0.29, 0.717) is 11.6 Å². The van der Waals surface area contributed by atoms with Gasteiger partial charge in [0.2, 0.25) is 10.0 Å². The lowest BCUT2D eigenvalue weighted by molar-refractivity contribution is 0.354. The Kier molecular flexibility index (Phi) is 5.01. The van der Waals surface area contributed by atoms with E-state index in [1.807, 2.05) is 20.8 Å². The van der Waals surface area contributed by atoms with Crippen molar-refractivity contribution < 1.29 is 8.42 Å². The van der Waals surface area contributed by atoms with Gasteiger partial charge >= 0.3 is 0 Å². The average molecular weight is 291 g/mol. The molecule has 4 nitrogen and oxygen atoms in total. The number of halogens is 1. The van der Waals surface area contributed by atoms with Crippen LogP contribution >= 0.6 is 11.6 Å². The summed E-state index contributed by atoms with van der Waals surface area (Å²) in [5, 5.41) is 0.364. The Balaban J connectivity index is 3.30. The minimum atomic E-state index is -3.59. The fourth-order valence-corrected chi connectivity index (χ4v) is 3.84. The first-order chi connectivity index (χ1) is 8.30. The van der Waals surface area contributed by atoms with Gasteiger partial charge in [-0.1, -0.05) is 18.5 Å². The van der Waals surface area contributed by atoms with E-state index in [0.717, 1.165) is 6.42 Å². The van der Waals surface area contributed by atoms with E-state index in [-0.39, 0.29) is 16.6 Å². The smallest absolute Gasteiger partial charge is 0.245 e. The molecule has 1 aromatic carbocycles. The fraction of sp³-hybridized carbons (Fsp3) is 0.500. The van der Waals surface area contributed by atoms with E-state index in [2.05, 4.69) is 0 Å². The maximum absolute atomic E-state index is 12.5. The van der Waals surface area contributed by atoms with Crippen molar-refractivity contribution >= 4 is 27.3 Å². The zero-order valence-electron chi connectivity index (χ0n) is 10.9. The predicted molar refractivity (Wildman–Crippen MR) is 75.2 cm³/mol. The molecule has 6 heteroatoms. The van der Waals surface area contributed by atoms with Crippen LogP contribution in [0.15, 0.2) is 23.1 Å². The molecular weight excluding hydrogens is 272 g/mol. The van der Waals surface area contributed by atoms with Crippen molar-refractivity contribution in [1.82, 2.24) is 4.31 Å². The van der Waals surface area contributed by atoms with Crippen molar-refractivity contribution in [2.45, 2.75) is 38.1 Å². The molecule has 0 aliphatic carbocycles. The van der Waals surface area contributed by atoms with E-state index < -0.39 is 10.0 Å². The summed E-state index contributed by atoms with van der Waals surface area (Å²) in [5.41, 5.74) is 5.97. The van der Waals surface area contributed by atoms with Crippen molar-refractivity contribution in [1.29, 1.82) is 0 Å². The van der Waals surface area contributed by atoms with Gasteiger partial charge in [0.15, 0.2) is 0 Å². The highest BCUT2D eigenvalue weighted by Gasteiger charge is 2.28. The molecule has 0 radical (unpaired) electrons. The van der Waals surface area contributed by atoms with Gasteiger partial charge in [-0.15, -0.1) is 0 Å². The molecule has 102 valence electrons. The second-order valence-corrected chi connectivity index (χ2v) is 6.69. The molecule has 0 atom stereocenters. The van der Waals surface area contributed by atoms with E-state index in [9.17, 15) is 8.42 Å². The molecule has 0 aliphatic rings. The molecule has 2 N–H and O–H groups in total. The molecule has 0 fully saturated rings. The third kappa shape index (κ3) is 3.16. The number of nitrogens with zero attached hydrogens (tertiary/aromatic N) is 1. The minimum absolute atomic E-state index is 0.0807. The Morgan fingerprint density at radius 2 is 2.00 bits per heavy atom. The van der Waals surface area contributed by atoms with Gasteiger partial charge in [0.25, 0.3) is 0 Å². The number of hydrogen-bond acceptors (Lipinski definition) is 3. The summed E-state index contributed by atoms with van der Waals surface area (Å²) in [6.07, 6.45) is 0.748. The highest BCUT2D eigenvalue weighted by Crippen LogP contribution is 2.27. The highest BCUT2D eigenvalue weighted by atomic mass is 35.5. The second-order valence-electron chi connectivity index (χ2n) is 4.39. The summed E-state index contributed by atoms with van der Waals surface area (Å²) in [7, 11) is -3.59. The largest absolute Gasteiger partial charge is 0.398 e. The number of hydrogen-bond donors (Lipinski definition) is 1. The van der Waals surface area contributed by atoms with Crippen LogP contribution in [0, 0.1) is 0 Å². The zero-order chi connectivity index (χ0) is 13.9. The van der Waals surface area contributed by atoms with Gasteiger partial charge in [0.05, 0.1) is 5.69 Å². The predicted octanol–water partition coefficient (Wildman–Crippen LogP) is 2.73. The van der Waals surface area contributed by atoms with Crippen molar-refractivity contribution in [3.63, 3.8) is 0 Å². The summed E-state index contributed by atoms with van der Waals surface area (Å²) in [4.78, 5) is 0.0807. The first kappa shape index (κ1) is 15.3. The molecule has 0 spiro atoms. The lowest BCUT2D eigenvalue weighted by atomic mass is 10.3. The zero-order valence-corrected chi connectivity index (χ0v) is 12.4. The number of benzene rings is 1. The summed E-state index contributed by atoms with van der Waals surface area (Å²) >= 11 is 5.85. The Morgan fingerprint density at radius 1 is 1.39 bits per heavy atom. The molecule has 0 amide bonds. The van der Waals surface area contributed by atoms with Crippen molar-refractivity contribution in [2.75, 3.05) is 12.3 Å². The van der Waals surface area contributed by atoms with Crippen LogP contribution in [0.4, 0.5) is 5.69 Å². The maximum atomic E-state index is 12.5. The van der Waals surface area contributed by atoms with E-state index in [1.54, 1.807) is 6.07 Å². The number of nitrogen functional groups attached to an aromatic ring is 1. The van der Waals surface area contributed by atoms with Crippen molar-refractivity contribution in [3.8, 4) is 0 Å². The summed E-state index contributed by atoms with van der Waals surface area (Å²) in [6.45, 7) is 6.08. The van der Waals surface area contributed by atoms with Crippen LogP contribution in [0.3, 0.4) is 0 Å². The third-order valence-corrected chi connectivity index (χ3v) is 4.95. The van der Waals surface area contributed by atoms with Crippen LogP contribution < -0.4 is 5.73 Å². The van der Waals surface area contributed by atoms with E-state index in [1.165, 1.54) is 16.4 Å².